The van der Waals surface area contributed by atoms with Crippen molar-refractivity contribution >= 4 is 27.7 Å². The zero-order valence-electron chi connectivity index (χ0n) is 12.7. The van der Waals surface area contributed by atoms with E-state index in [-0.39, 0.29) is 11.8 Å². The summed E-state index contributed by atoms with van der Waals surface area (Å²) >= 11 is 3.40. The van der Waals surface area contributed by atoms with Crippen molar-refractivity contribution in [2.24, 2.45) is 0 Å². The molecule has 0 bridgehead atoms. The van der Waals surface area contributed by atoms with Crippen molar-refractivity contribution in [3.05, 3.63) is 34.3 Å². The monoisotopic (exact) mass is 365 g/mol. The third-order valence-corrected chi connectivity index (χ3v) is 4.99. The van der Waals surface area contributed by atoms with Crippen molar-refractivity contribution in [2.45, 2.75) is 13.0 Å². The smallest absolute Gasteiger partial charge is 0.254 e. The molecule has 2 aliphatic heterocycles. The Morgan fingerprint density at radius 3 is 2.36 bits per heavy atom. The average Bonchev–Trinajstić information content (AvgIpc) is 2.46. The minimum atomic E-state index is 0.0971. The highest BCUT2D eigenvalue weighted by molar-refractivity contribution is 9.10. The lowest BCUT2D eigenvalue weighted by atomic mass is 10.0. The first kappa shape index (κ1) is 15.5. The second-order valence-corrected chi connectivity index (χ2v) is 6.83. The molecule has 0 unspecified atom stereocenters. The van der Waals surface area contributed by atoms with E-state index in [9.17, 15) is 9.59 Å². The fraction of sp³-hybridized carbons (Fsp3) is 0.500. The third-order valence-electron chi connectivity index (χ3n) is 4.50. The van der Waals surface area contributed by atoms with Crippen LogP contribution in [0.1, 0.15) is 17.3 Å². The molecule has 0 atom stereocenters. The molecule has 1 aromatic rings. The number of benzene rings is 1. The zero-order chi connectivity index (χ0) is 15.7. The first-order valence-corrected chi connectivity index (χ1v) is 8.38. The van der Waals surface area contributed by atoms with Crippen molar-refractivity contribution in [2.75, 3.05) is 39.3 Å². The van der Waals surface area contributed by atoms with Gasteiger partial charge in [-0.3, -0.25) is 14.5 Å². The normalized spacial score (nSPS) is 19.9. The molecule has 22 heavy (non-hydrogen) atoms. The number of piperazine rings is 1. The Labute approximate surface area is 139 Å². The fourth-order valence-corrected chi connectivity index (χ4v) is 3.46. The minimum Gasteiger partial charge on any atom is -0.340 e. The predicted octanol–water partition coefficient (Wildman–Crippen LogP) is 1.44. The molecule has 2 aliphatic rings. The maximum Gasteiger partial charge on any atom is 0.254 e. The van der Waals surface area contributed by atoms with E-state index in [1.807, 2.05) is 34.1 Å². The van der Waals surface area contributed by atoms with Gasteiger partial charge in [0.2, 0.25) is 5.91 Å². The van der Waals surface area contributed by atoms with Crippen LogP contribution in [-0.2, 0) is 4.79 Å². The van der Waals surface area contributed by atoms with Crippen molar-refractivity contribution in [3.63, 3.8) is 0 Å². The van der Waals surface area contributed by atoms with Gasteiger partial charge < -0.3 is 9.80 Å². The van der Waals surface area contributed by atoms with Gasteiger partial charge in [0.05, 0.1) is 0 Å². The van der Waals surface area contributed by atoms with E-state index in [4.69, 9.17) is 0 Å². The molecular weight excluding hydrogens is 346 g/mol. The predicted molar refractivity (Wildman–Crippen MR) is 87.7 cm³/mol. The van der Waals surface area contributed by atoms with Crippen LogP contribution < -0.4 is 0 Å². The van der Waals surface area contributed by atoms with Gasteiger partial charge in [0.25, 0.3) is 5.91 Å². The molecule has 0 N–H and O–H groups in total. The summed E-state index contributed by atoms with van der Waals surface area (Å²) in [5.41, 5.74) is 0.731. The summed E-state index contributed by atoms with van der Waals surface area (Å²) in [6.07, 6.45) is 0. The number of hydrogen-bond acceptors (Lipinski definition) is 3. The Balaban J connectivity index is 1.50. The number of halogens is 1. The maximum atomic E-state index is 12.4. The SMILES string of the molecule is CC(=O)N1CCN(C2CN(C(=O)c3cccc(Br)c3)C2)CC1. The summed E-state index contributed by atoms with van der Waals surface area (Å²) in [6, 6.07) is 7.96. The molecule has 2 fully saturated rings. The maximum absolute atomic E-state index is 12.4. The van der Waals surface area contributed by atoms with E-state index in [1.165, 1.54) is 0 Å². The van der Waals surface area contributed by atoms with Gasteiger partial charge in [0, 0.05) is 62.3 Å². The van der Waals surface area contributed by atoms with E-state index in [2.05, 4.69) is 20.8 Å². The Hall–Kier alpha value is -1.40. The Morgan fingerprint density at radius 1 is 1.09 bits per heavy atom. The molecule has 0 saturated carbocycles. The lowest BCUT2D eigenvalue weighted by Gasteiger charge is -2.48. The quantitative estimate of drug-likeness (QED) is 0.796. The summed E-state index contributed by atoms with van der Waals surface area (Å²) in [4.78, 5) is 29.9. The van der Waals surface area contributed by atoms with Gasteiger partial charge in [-0.15, -0.1) is 0 Å². The topological polar surface area (TPSA) is 43.9 Å². The van der Waals surface area contributed by atoms with Crippen LogP contribution >= 0.6 is 15.9 Å². The highest BCUT2D eigenvalue weighted by Gasteiger charge is 2.36. The van der Waals surface area contributed by atoms with Crippen molar-refractivity contribution in [1.29, 1.82) is 0 Å². The first-order chi connectivity index (χ1) is 10.5. The highest BCUT2D eigenvalue weighted by Crippen LogP contribution is 2.21. The highest BCUT2D eigenvalue weighted by atomic mass is 79.9. The Bertz CT molecular complexity index is 579. The molecule has 5 nitrogen and oxygen atoms in total. The summed E-state index contributed by atoms with van der Waals surface area (Å²) in [7, 11) is 0. The molecule has 0 radical (unpaired) electrons. The number of amides is 2. The Morgan fingerprint density at radius 2 is 1.77 bits per heavy atom. The summed E-state index contributed by atoms with van der Waals surface area (Å²) < 4.78 is 0.927. The number of hydrogen-bond donors (Lipinski definition) is 0. The van der Waals surface area contributed by atoms with Crippen LogP contribution in [0.3, 0.4) is 0 Å². The number of rotatable bonds is 2. The van der Waals surface area contributed by atoms with Crippen LogP contribution in [0.2, 0.25) is 0 Å². The van der Waals surface area contributed by atoms with Gasteiger partial charge in [-0.25, -0.2) is 0 Å². The number of carbonyl (C=O) groups excluding carboxylic acids is 2. The molecule has 0 aromatic heterocycles. The van der Waals surface area contributed by atoms with E-state index < -0.39 is 0 Å². The van der Waals surface area contributed by atoms with Crippen molar-refractivity contribution < 1.29 is 9.59 Å². The lowest BCUT2D eigenvalue weighted by molar-refractivity contribution is -0.131. The van der Waals surface area contributed by atoms with Gasteiger partial charge >= 0.3 is 0 Å². The standard InChI is InChI=1S/C16H20BrN3O2/c1-12(21)18-5-7-19(8-6-18)15-10-20(11-15)16(22)13-3-2-4-14(17)9-13/h2-4,9,15H,5-8,10-11H2,1H3. The van der Waals surface area contributed by atoms with Crippen LogP contribution in [0.15, 0.2) is 28.7 Å². The first-order valence-electron chi connectivity index (χ1n) is 7.59. The number of nitrogens with zero attached hydrogens (tertiary/aromatic N) is 3. The van der Waals surface area contributed by atoms with Crippen molar-refractivity contribution in [1.82, 2.24) is 14.7 Å². The van der Waals surface area contributed by atoms with Crippen LogP contribution in [0.25, 0.3) is 0 Å². The van der Waals surface area contributed by atoms with Gasteiger partial charge in [-0.05, 0) is 18.2 Å². The van der Waals surface area contributed by atoms with Gasteiger partial charge in [-0.1, -0.05) is 22.0 Å². The molecule has 2 saturated heterocycles. The molecule has 0 spiro atoms. The molecule has 118 valence electrons. The molecule has 2 amide bonds. The molecule has 6 heteroatoms. The van der Waals surface area contributed by atoms with Gasteiger partial charge in [0.1, 0.15) is 0 Å². The molecule has 1 aromatic carbocycles. The summed E-state index contributed by atoms with van der Waals surface area (Å²) in [5, 5.41) is 0. The third kappa shape index (κ3) is 3.17. The Kier molecular flexibility index (Phi) is 4.49. The van der Waals surface area contributed by atoms with Gasteiger partial charge in [-0.2, -0.15) is 0 Å². The largest absolute Gasteiger partial charge is 0.340 e. The summed E-state index contributed by atoms with van der Waals surface area (Å²) in [5.74, 6) is 0.250. The average molecular weight is 366 g/mol. The van der Waals surface area contributed by atoms with Crippen LogP contribution in [0.5, 0.6) is 0 Å². The van der Waals surface area contributed by atoms with Crippen molar-refractivity contribution in [3.8, 4) is 0 Å². The number of carbonyl (C=O) groups is 2. The van der Waals surface area contributed by atoms with Crippen LogP contribution in [-0.4, -0.2) is 71.8 Å². The second-order valence-electron chi connectivity index (χ2n) is 5.92. The fourth-order valence-electron chi connectivity index (χ4n) is 3.06. The second kappa shape index (κ2) is 6.38. The van der Waals surface area contributed by atoms with E-state index >= 15 is 0 Å². The molecule has 3 rings (SSSR count). The van der Waals surface area contributed by atoms with Gasteiger partial charge in [0.15, 0.2) is 0 Å². The number of likely N-dealkylation sites (tertiary alicyclic amines) is 1. The van der Waals surface area contributed by atoms with E-state index in [1.54, 1.807) is 6.92 Å². The molecule has 2 heterocycles. The minimum absolute atomic E-state index is 0.0971. The van der Waals surface area contributed by atoms with E-state index in [0.717, 1.165) is 49.3 Å². The zero-order valence-corrected chi connectivity index (χ0v) is 14.3. The summed E-state index contributed by atoms with van der Waals surface area (Å²) in [6.45, 7) is 6.59. The van der Waals surface area contributed by atoms with Crippen LogP contribution in [0.4, 0.5) is 0 Å². The molecule has 0 aliphatic carbocycles. The molecular formula is C16H20BrN3O2. The van der Waals surface area contributed by atoms with E-state index in [0.29, 0.717) is 6.04 Å². The lowest BCUT2D eigenvalue weighted by Crippen LogP contribution is -2.64. The van der Waals surface area contributed by atoms with Crippen LogP contribution in [0, 0.1) is 0 Å².